The van der Waals surface area contributed by atoms with E-state index in [9.17, 15) is 14.7 Å². The number of amides is 1. The molecule has 1 amide bonds. The summed E-state index contributed by atoms with van der Waals surface area (Å²) in [6.07, 6.45) is 3.00. The van der Waals surface area contributed by atoms with E-state index < -0.39 is 23.7 Å². The Morgan fingerprint density at radius 2 is 1.76 bits per heavy atom. The van der Waals surface area contributed by atoms with Crippen LogP contribution in [0, 0.1) is 0 Å². The van der Waals surface area contributed by atoms with Gasteiger partial charge in [-0.05, 0) is 51.3 Å². The minimum atomic E-state index is -0.908. The molecule has 0 bridgehead atoms. The number of carbonyl (C=O) groups is 2. The Morgan fingerprint density at radius 3 is 2.38 bits per heavy atom. The molecule has 0 aliphatic rings. The third-order valence-electron chi connectivity index (χ3n) is 3.94. The molecule has 29 heavy (non-hydrogen) atoms. The number of ether oxygens (including phenoxy) is 3. The van der Waals surface area contributed by atoms with Crippen molar-refractivity contribution in [1.82, 2.24) is 5.32 Å². The summed E-state index contributed by atoms with van der Waals surface area (Å²) < 4.78 is 16.2. The molecule has 1 atom stereocenters. The summed E-state index contributed by atoms with van der Waals surface area (Å²) in [5, 5.41) is 12.6. The first-order valence-corrected chi connectivity index (χ1v) is 10.3. The second-order valence-corrected chi connectivity index (χ2v) is 7.93. The van der Waals surface area contributed by atoms with E-state index in [1.54, 1.807) is 32.9 Å². The van der Waals surface area contributed by atoms with Crippen molar-refractivity contribution >= 4 is 12.1 Å². The molecule has 0 aliphatic heterocycles. The molecule has 0 aromatic heterocycles. The lowest BCUT2D eigenvalue weighted by Gasteiger charge is -2.23. The van der Waals surface area contributed by atoms with Gasteiger partial charge in [-0.1, -0.05) is 32.8 Å². The molecule has 7 heteroatoms. The van der Waals surface area contributed by atoms with Crippen molar-refractivity contribution < 1.29 is 28.9 Å². The SMILES string of the molecule is CCCCOC(=O)[C@H](Cc1ccc(O)c(OCCCC)c1)NC(=O)OC(C)(C)C. The standard InChI is InChI=1S/C22H35NO6/c1-6-8-12-27-19-15-16(10-11-18(19)24)14-17(20(25)28-13-9-7-2)23-21(26)29-22(3,4)5/h10-11,15,17,24H,6-9,12-14H2,1-5H3,(H,23,26)/t17-/m0/s1. The first-order chi connectivity index (χ1) is 13.7. The van der Waals surface area contributed by atoms with Gasteiger partial charge in [0.05, 0.1) is 13.2 Å². The van der Waals surface area contributed by atoms with E-state index in [-0.39, 0.29) is 12.2 Å². The molecular weight excluding hydrogens is 374 g/mol. The zero-order chi connectivity index (χ0) is 21.9. The van der Waals surface area contributed by atoms with Crippen molar-refractivity contribution in [1.29, 1.82) is 0 Å². The van der Waals surface area contributed by atoms with Gasteiger partial charge in [-0.15, -0.1) is 0 Å². The van der Waals surface area contributed by atoms with Crippen molar-refractivity contribution in [2.75, 3.05) is 13.2 Å². The third kappa shape index (κ3) is 10.1. The number of phenols is 1. The van der Waals surface area contributed by atoms with Crippen LogP contribution in [0.15, 0.2) is 18.2 Å². The monoisotopic (exact) mass is 409 g/mol. The number of benzene rings is 1. The van der Waals surface area contributed by atoms with Gasteiger partial charge in [0.2, 0.25) is 0 Å². The lowest BCUT2D eigenvalue weighted by molar-refractivity contribution is -0.146. The van der Waals surface area contributed by atoms with Gasteiger partial charge < -0.3 is 24.6 Å². The smallest absolute Gasteiger partial charge is 0.408 e. The first-order valence-electron chi connectivity index (χ1n) is 10.3. The topological polar surface area (TPSA) is 94.1 Å². The second kappa shape index (κ2) is 12.2. The molecule has 0 unspecified atom stereocenters. The number of hydrogen-bond donors (Lipinski definition) is 2. The highest BCUT2D eigenvalue weighted by atomic mass is 16.6. The molecule has 0 radical (unpaired) electrons. The Morgan fingerprint density at radius 1 is 1.10 bits per heavy atom. The van der Waals surface area contributed by atoms with Gasteiger partial charge in [0, 0.05) is 6.42 Å². The Bertz CT molecular complexity index is 653. The number of aromatic hydroxyl groups is 1. The zero-order valence-corrected chi connectivity index (χ0v) is 18.2. The number of unbranched alkanes of at least 4 members (excludes halogenated alkanes) is 2. The van der Waals surface area contributed by atoms with E-state index in [1.165, 1.54) is 6.07 Å². The average molecular weight is 410 g/mol. The van der Waals surface area contributed by atoms with E-state index in [1.807, 2.05) is 6.92 Å². The maximum Gasteiger partial charge on any atom is 0.408 e. The van der Waals surface area contributed by atoms with Gasteiger partial charge in [0.25, 0.3) is 0 Å². The fourth-order valence-corrected chi connectivity index (χ4v) is 2.42. The third-order valence-corrected chi connectivity index (χ3v) is 3.94. The highest BCUT2D eigenvalue weighted by molar-refractivity contribution is 5.81. The normalized spacial score (nSPS) is 12.2. The molecule has 0 saturated carbocycles. The minimum Gasteiger partial charge on any atom is -0.504 e. The Hall–Kier alpha value is -2.44. The Balaban J connectivity index is 2.90. The summed E-state index contributed by atoms with van der Waals surface area (Å²) >= 11 is 0. The van der Waals surface area contributed by atoms with Crippen LogP contribution in [0.1, 0.15) is 65.9 Å². The maximum atomic E-state index is 12.5. The molecule has 164 valence electrons. The van der Waals surface area contributed by atoms with Gasteiger partial charge in [-0.25, -0.2) is 9.59 Å². The van der Waals surface area contributed by atoms with Gasteiger partial charge in [-0.2, -0.15) is 0 Å². The molecular formula is C22H35NO6. The fraction of sp³-hybridized carbons (Fsp3) is 0.636. The lowest BCUT2D eigenvalue weighted by atomic mass is 10.1. The van der Waals surface area contributed by atoms with Crippen molar-refractivity contribution in [3.05, 3.63) is 23.8 Å². The molecule has 0 aliphatic carbocycles. The van der Waals surface area contributed by atoms with Crippen molar-refractivity contribution in [3.63, 3.8) is 0 Å². The average Bonchev–Trinajstić information content (AvgIpc) is 2.62. The van der Waals surface area contributed by atoms with Gasteiger partial charge in [0.1, 0.15) is 11.6 Å². The van der Waals surface area contributed by atoms with Gasteiger partial charge in [-0.3, -0.25) is 0 Å². The van der Waals surface area contributed by atoms with E-state index in [0.717, 1.165) is 31.2 Å². The quantitative estimate of drug-likeness (QED) is 0.417. The summed E-state index contributed by atoms with van der Waals surface area (Å²) in [6, 6.07) is 3.97. The second-order valence-electron chi connectivity index (χ2n) is 7.93. The van der Waals surface area contributed by atoms with Crippen LogP contribution in [0.2, 0.25) is 0 Å². The van der Waals surface area contributed by atoms with Crippen LogP contribution in [0.3, 0.4) is 0 Å². The number of phenolic OH excluding ortho intramolecular Hbond substituents is 1. The van der Waals surface area contributed by atoms with E-state index in [2.05, 4.69) is 12.2 Å². The number of nitrogens with one attached hydrogen (secondary N) is 1. The summed E-state index contributed by atoms with van der Waals surface area (Å²) in [6.45, 7) is 10.1. The van der Waals surface area contributed by atoms with E-state index in [4.69, 9.17) is 14.2 Å². The molecule has 0 fully saturated rings. The van der Waals surface area contributed by atoms with Crippen molar-refractivity contribution in [2.24, 2.45) is 0 Å². The summed E-state index contributed by atoms with van der Waals surface area (Å²) in [5.41, 5.74) is 0.0438. The molecule has 0 heterocycles. The molecule has 1 aromatic rings. The number of esters is 1. The predicted molar refractivity (Wildman–Crippen MR) is 111 cm³/mol. The highest BCUT2D eigenvalue weighted by Crippen LogP contribution is 2.27. The maximum absolute atomic E-state index is 12.5. The van der Waals surface area contributed by atoms with Crippen LogP contribution in [0.5, 0.6) is 11.5 Å². The first kappa shape index (κ1) is 24.6. The molecule has 0 saturated heterocycles. The fourth-order valence-electron chi connectivity index (χ4n) is 2.42. The van der Waals surface area contributed by atoms with Gasteiger partial charge in [0.15, 0.2) is 11.5 Å². The van der Waals surface area contributed by atoms with Crippen LogP contribution in [-0.4, -0.2) is 42.0 Å². The molecule has 2 N–H and O–H groups in total. The Kier molecular flexibility index (Phi) is 10.3. The summed E-state index contributed by atoms with van der Waals surface area (Å²) in [4.78, 5) is 24.7. The molecule has 1 aromatic carbocycles. The minimum absolute atomic E-state index is 0.0343. The van der Waals surface area contributed by atoms with Crippen molar-refractivity contribution in [3.8, 4) is 11.5 Å². The number of carbonyl (C=O) groups excluding carboxylic acids is 2. The summed E-state index contributed by atoms with van der Waals surface area (Å²) in [7, 11) is 0. The number of alkyl carbamates (subject to hydrolysis) is 1. The van der Waals surface area contributed by atoms with Crippen LogP contribution >= 0.6 is 0 Å². The molecule has 0 spiro atoms. The van der Waals surface area contributed by atoms with Crippen LogP contribution < -0.4 is 10.1 Å². The zero-order valence-electron chi connectivity index (χ0n) is 18.2. The number of rotatable bonds is 11. The van der Waals surface area contributed by atoms with E-state index in [0.29, 0.717) is 19.0 Å². The van der Waals surface area contributed by atoms with Crippen LogP contribution in [0.25, 0.3) is 0 Å². The lowest BCUT2D eigenvalue weighted by Crippen LogP contribution is -2.45. The predicted octanol–water partition coefficient (Wildman–Crippen LogP) is 4.35. The Labute approximate surface area is 173 Å². The van der Waals surface area contributed by atoms with Crippen LogP contribution in [-0.2, 0) is 20.7 Å². The molecule has 7 nitrogen and oxygen atoms in total. The van der Waals surface area contributed by atoms with Crippen LogP contribution in [0.4, 0.5) is 4.79 Å². The largest absolute Gasteiger partial charge is 0.504 e. The van der Waals surface area contributed by atoms with Gasteiger partial charge >= 0.3 is 12.1 Å². The summed E-state index contributed by atoms with van der Waals surface area (Å²) in [5.74, 6) is -0.135. The van der Waals surface area contributed by atoms with Crippen molar-refractivity contribution in [2.45, 2.75) is 78.4 Å². The highest BCUT2D eigenvalue weighted by Gasteiger charge is 2.26. The van der Waals surface area contributed by atoms with E-state index >= 15 is 0 Å². The number of hydrogen-bond acceptors (Lipinski definition) is 6. The molecule has 1 rings (SSSR count).